The van der Waals surface area contributed by atoms with Crippen molar-refractivity contribution in [3.63, 3.8) is 0 Å². The SMILES string of the molecule is CCS(=O)(=O)O.OC1CCC(c2ccccc2Br)CC1. The average molecular weight is 365 g/mol. The molecule has 0 heterocycles. The average Bonchev–Trinajstić information content (AvgIpc) is 2.40. The third-order valence-corrected chi connectivity index (χ3v) is 4.86. The normalized spacial score (nSPS) is 22.8. The van der Waals surface area contributed by atoms with Crippen molar-refractivity contribution < 1.29 is 18.1 Å². The standard InChI is InChI=1S/C12H15BrO.C2H6O3S/c13-12-4-2-1-3-11(12)9-5-7-10(14)8-6-9;1-2-6(3,4)5/h1-4,9-10,14H,5-8H2;2H2,1H3,(H,3,4,5). The van der Waals surface area contributed by atoms with E-state index in [1.165, 1.54) is 17.0 Å². The summed E-state index contributed by atoms with van der Waals surface area (Å²) < 4.78 is 28.1. The molecule has 0 saturated heterocycles. The third-order valence-electron chi connectivity index (χ3n) is 3.41. The highest BCUT2D eigenvalue weighted by molar-refractivity contribution is 9.10. The fourth-order valence-corrected chi connectivity index (χ4v) is 2.80. The number of benzene rings is 1. The Morgan fingerprint density at radius 1 is 1.20 bits per heavy atom. The van der Waals surface area contributed by atoms with E-state index in [0.29, 0.717) is 5.92 Å². The highest BCUT2D eigenvalue weighted by atomic mass is 79.9. The van der Waals surface area contributed by atoms with Gasteiger partial charge in [0.2, 0.25) is 0 Å². The Bertz CT molecular complexity index is 508. The zero-order valence-electron chi connectivity index (χ0n) is 11.5. The van der Waals surface area contributed by atoms with E-state index in [2.05, 4.69) is 34.1 Å². The van der Waals surface area contributed by atoms with E-state index in [4.69, 9.17) is 4.55 Å². The Hall–Kier alpha value is -0.430. The molecular weight excluding hydrogens is 344 g/mol. The van der Waals surface area contributed by atoms with Crippen LogP contribution in [0.1, 0.15) is 44.1 Å². The molecule has 2 rings (SSSR count). The molecule has 0 unspecified atom stereocenters. The van der Waals surface area contributed by atoms with E-state index in [-0.39, 0.29) is 11.9 Å². The van der Waals surface area contributed by atoms with Gasteiger partial charge >= 0.3 is 0 Å². The number of halogens is 1. The second-order valence-electron chi connectivity index (χ2n) is 4.90. The van der Waals surface area contributed by atoms with Crippen molar-refractivity contribution >= 4 is 26.0 Å². The molecule has 20 heavy (non-hydrogen) atoms. The molecule has 0 aliphatic heterocycles. The second-order valence-corrected chi connectivity index (χ2v) is 7.49. The van der Waals surface area contributed by atoms with Gasteiger partial charge in [-0.05, 0) is 50.2 Å². The summed E-state index contributed by atoms with van der Waals surface area (Å²) in [6.45, 7) is 1.37. The summed E-state index contributed by atoms with van der Waals surface area (Å²) in [7, 11) is -3.66. The van der Waals surface area contributed by atoms with Gasteiger partial charge in [0.05, 0.1) is 11.9 Å². The molecule has 1 aromatic carbocycles. The Morgan fingerprint density at radius 2 is 1.70 bits per heavy atom. The molecule has 0 aromatic heterocycles. The molecule has 4 nitrogen and oxygen atoms in total. The van der Waals surface area contributed by atoms with Crippen molar-refractivity contribution in [1.29, 1.82) is 0 Å². The molecule has 114 valence electrons. The Morgan fingerprint density at radius 3 is 2.15 bits per heavy atom. The fraction of sp³-hybridized carbons (Fsp3) is 0.571. The van der Waals surface area contributed by atoms with Gasteiger partial charge in [0.15, 0.2) is 0 Å². The van der Waals surface area contributed by atoms with Crippen LogP contribution in [-0.2, 0) is 10.1 Å². The molecule has 1 saturated carbocycles. The van der Waals surface area contributed by atoms with E-state index in [1.807, 2.05) is 6.07 Å². The van der Waals surface area contributed by atoms with Crippen molar-refractivity contribution in [2.24, 2.45) is 0 Å². The van der Waals surface area contributed by atoms with Gasteiger partial charge in [-0.2, -0.15) is 8.42 Å². The first-order chi connectivity index (χ1) is 9.33. The van der Waals surface area contributed by atoms with Crippen LogP contribution in [0.25, 0.3) is 0 Å². The van der Waals surface area contributed by atoms with Crippen molar-refractivity contribution in [2.45, 2.75) is 44.6 Å². The monoisotopic (exact) mass is 364 g/mol. The van der Waals surface area contributed by atoms with Crippen LogP contribution in [0.5, 0.6) is 0 Å². The summed E-state index contributed by atoms with van der Waals surface area (Å²) in [6, 6.07) is 8.42. The summed E-state index contributed by atoms with van der Waals surface area (Å²) in [6.07, 6.45) is 4.07. The largest absolute Gasteiger partial charge is 0.393 e. The van der Waals surface area contributed by atoms with Gasteiger partial charge < -0.3 is 5.11 Å². The van der Waals surface area contributed by atoms with E-state index >= 15 is 0 Å². The molecule has 0 atom stereocenters. The van der Waals surface area contributed by atoms with Gasteiger partial charge in [-0.15, -0.1) is 0 Å². The Balaban J connectivity index is 0.000000286. The van der Waals surface area contributed by atoms with Crippen LogP contribution in [-0.4, -0.2) is 29.9 Å². The smallest absolute Gasteiger partial charge is 0.264 e. The first-order valence-electron chi connectivity index (χ1n) is 6.71. The van der Waals surface area contributed by atoms with Crippen LogP contribution in [0, 0.1) is 0 Å². The van der Waals surface area contributed by atoms with Crippen molar-refractivity contribution in [3.8, 4) is 0 Å². The third kappa shape index (κ3) is 6.35. The van der Waals surface area contributed by atoms with Gasteiger partial charge in [0.1, 0.15) is 0 Å². The van der Waals surface area contributed by atoms with Gasteiger partial charge in [0, 0.05) is 4.47 Å². The maximum absolute atomic E-state index is 9.56. The summed E-state index contributed by atoms with van der Waals surface area (Å²) in [5.41, 5.74) is 1.40. The van der Waals surface area contributed by atoms with Crippen LogP contribution >= 0.6 is 15.9 Å². The molecular formula is C14H21BrO4S. The highest BCUT2D eigenvalue weighted by Crippen LogP contribution is 2.36. The predicted octanol–water partition coefficient (Wildman–Crippen LogP) is 3.36. The second kappa shape index (κ2) is 8.12. The topological polar surface area (TPSA) is 74.6 Å². The minimum atomic E-state index is -3.66. The molecule has 0 amide bonds. The van der Waals surface area contributed by atoms with Crippen LogP contribution in [0.2, 0.25) is 0 Å². The first-order valence-corrected chi connectivity index (χ1v) is 9.11. The molecule has 1 aliphatic carbocycles. The first kappa shape index (κ1) is 17.6. The number of hydrogen-bond acceptors (Lipinski definition) is 3. The van der Waals surface area contributed by atoms with Gasteiger partial charge in [-0.25, -0.2) is 0 Å². The molecule has 1 fully saturated rings. The maximum atomic E-state index is 9.56. The summed E-state index contributed by atoms with van der Waals surface area (Å²) >= 11 is 3.58. The predicted molar refractivity (Wildman–Crippen MR) is 83.4 cm³/mol. The van der Waals surface area contributed by atoms with E-state index < -0.39 is 10.1 Å². The zero-order valence-corrected chi connectivity index (χ0v) is 13.9. The fourth-order valence-electron chi connectivity index (χ4n) is 2.19. The molecule has 0 radical (unpaired) electrons. The van der Waals surface area contributed by atoms with E-state index in [1.54, 1.807) is 0 Å². The van der Waals surface area contributed by atoms with Crippen LogP contribution < -0.4 is 0 Å². The summed E-state index contributed by atoms with van der Waals surface area (Å²) in [5.74, 6) is 0.432. The minimum Gasteiger partial charge on any atom is -0.393 e. The van der Waals surface area contributed by atoms with Crippen LogP contribution in [0.3, 0.4) is 0 Å². The van der Waals surface area contributed by atoms with Gasteiger partial charge in [-0.1, -0.05) is 34.1 Å². The minimum absolute atomic E-state index is 0.0614. The molecule has 1 aromatic rings. The van der Waals surface area contributed by atoms with Crippen LogP contribution in [0.4, 0.5) is 0 Å². The quantitative estimate of drug-likeness (QED) is 0.788. The molecule has 0 spiro atoms. The van der Waals surface area contributed by atoms with Gasteiger partial charge in [-0.3, -0.25) is 4.55 Å². The highest BCUT2D eigenvalue weighted by Gasteiger charge is 2.21. The Kier molecular flexibility index (Phi) is 7.15. The Labute approximate surface area is 129 Å². The lowest BCUT2D eigenvalue weighted by molar-refractivity contribution is 0.122. The number of aliphatic hydroxyl groups is 1. The van der Waals surface area contributed by atoms with Crippen molar-refractivity contribution in [1.82, 2.24) is 0 Å². The number of hydrogen-bond donors (Lipinski definition) is 2. The molecule has 6 heteroatoms. The van der Waals surface area contributed by atoms with Crippen LogP contribution in [0.15, 0.2) is 28.7 Å². The lowest BCUT2D eigenvalue weighted by Crippen LogP contribution is -2.17. The lowest BCUT2D eigenvalue weighted by atomic mass is 9.83. The molecule has 2 N–H and O–H groups in total. The number of rotatable bonds is 2. The van der Waals surface area contributed by atoms with Crippen molar-refractivity contribution in [2.75, 3.05) is 5.75 Å². The summed E-state index contributed by atoms with van der Waals surface area (Å²) in [4.78, 5) is 0. The number of aliphatic hydroxyl groups excluding tert-OH is 1. The van der Waals surface area contributed by atoms with E-state index in [0.717, 1.165) is 25.7 Å². The molecule has 0 bridgehead atoms. The lowest BCUT2D eigenvalue weighted by Gasteiger charge is -2.26. The summed E-state index contributed by atoms with van der Waals surface area (Å²) in [5, 5.41) is 9.43. The zero-order chi connectivity index (χ0) is 15.2. The maximum Gasteiger partial charge on any atom is 0.264 e. The van der Waals surface area contributed by atoms with Gasteiger partial charge in [0.25, 0.3) is 10.1 Å². The molecule has 1 aliphatic rings. The van der Waals surface area contributed by atoms with Crippen molar-refractivity contribution in [3.05, 3.63) is 34.3 Å². The van der Waals surface area contributed by atoms with E-state index in [9.17, 15) is 13.5 Å².